The van der Waals surface area contributed by atoms with Crippen LogP contribution in [-0.2, 0) is 0 Å². The SMILES string of the molecule is C=CCN(CC=C)c1nc(Cl)nc2scc(-c3cccc([N+](=O)[O-])c3)c12. The highest BCUT2D eigenvalue weighted by Crippen LogP contribution is 2.39. The van der Waals surface area contributed by atoms with Gasteiger partial charge in [-0.3, -0.25) is 10.1 Å². The van der Waals surface area contributed by atoms with Gasteiger partial charge in [-0.15, -0.1) is 24.5 Å². The smallest absolute Gasteiger partial charge is 0.270 e. The van der Waals surface area contributed by atoms with E-state index in [9.17, 15) is 10.1 Å². The Kier molecular flexibility index (Phi) is 5.29. The number of halogens is 1. The summed E-state index contributed by atoms with van der Waals surface area (Å²) >= 11 is 7.53. The maximum atomic E-state index is 11.1. The van der Waals surface area contributed by atoms with Gasteiger partial charge >= 0.3 is 0 Å². The minimum atomic E-state index is -0.409. The molecule has 0 N–H and O–H groups in total. The molecule has 0 saturated heterocycles. The number of aromatic nitrogens is 2. The predicted molar refractivity (Wildman–Crippen MR) is 107 cm³/mol. The third-order valence-electron chi connectivity index (χ3n) is 3.75. The van der Waals surface area contributed by atoms with E-state index in [0.717, 1.165) is 21.3 Å². The molecular formula is C18H15ClN4O2S. The van der Waals surface area contributed by atoms with E-state index in [1.54, 1.807) is 24.3 Å². The molecule has 6 nitrogen and oxygen atoms in total. The van der Waals surface area contributed by atoms with E-state index < -0.39 is 4.92 Å². The molecule has 2 heterocycles. The second-order valence-electron chi connectivity index (χ2n) is 5.44. The zero-order valence-electron chi connectivity index (χ0n) is 13.8. The van der Waals surface area contributed by atoms with Crippen LogP contribution in [0.2, 0.25) is 5.28 Å². The minimum Gasteiger partial charge on any atom is -0.348 e. The van der Waals surface area contributed by atoms with Crippen molar-refractivity contribution in [3.63, 3.8) is 0 Å². The van der Waals surface area contributed by atoms with Crippen molar-refractivity contribution in [1.29, 1.82) is 0 Å². The number of hydrogen-bond acceptors (Lipinski definition) is 6. The number of nitrogens with zero attached hydrogens (tertiary/aromatic N) is 4. The summed E-state index contributed by atoms with van der Waals surface area (Å²) in [5.41, 5.74) is 1.60. The van der Waals surface area contributed by atoms with Gasteiger partial charge in [0.15, 0.2) is 0 Å². The van der Waals surface area contributed by atoms with Gasteiger partial charge in [-0.2, -0.15) is 4.98 Å². The molecule has 26 heavy (non-hydrogen) atoms. The van der Waals surface area contributed by atoms with Crippen molar-refractivity contribution in [3.05, 3.63) is 70.4 Å². The quantitative estimate of drug-likeness (QED) is 0.244. The molecule has 0 amide bonds. The fourth-order valence-corrected chi connectivity index (χ4v) is 3.84. The van der Waals surface area contributed by atoms with E-state index in [1.165, 1.54) is 17.4 Å². The van der Waals surface area contributed by atoms with Gasteiger partial charge in [-0.25, -0.2) is 4.98 Å². The van der Waals surface area contributed by atoms with Crippen molar-refractivity contribution in [3.8, 4) is 11.1 Å². The molecule has 0 spiro atoms. The Bertz CT molecular complexity index is 992. The number of non-ortho nitro benzene ring substituents is 1. The largest absolute Gasteiger partial charge is 0.348 e. The summed E-state index contributed by atoms with van der Waals surface area (Å²) in [6, 6.07) is 6.51. The second-order valence-corrected chi connectivity index (χ2v) is 6.63. The first-order valence-corrected chi connectivity index (χ1v) is 8.97. The number of hydrogen-bond donors (Lipinski definition) is 0. The van der Waals surface area contributed by atoms with Crippen LogP contribution in [0.4, 0.5) is 11.5 Å². The van der Waals surface area contributed by atoms with Crippen molar-refractivity contribution in [1.82, 2.24) is 9.97 Å². The van der Waals surface area contributed by atoms with Crippen molar-refractivity contribution in [2.75, 3.05) is 18.0 Å². The number of nitro groups is 1. The highest BCUT2D eigenvalue weighted by Gasteiger charge is 2.19. The topological polar surface area (TPSA) is 72.2 Å². The molecule has 0 bridgehead atoms. The molecule has 0 saturated carbocycles. The van der Waals surface area contributed by atoms with Crippen LogP contribution >= 0.6 is 22.9 Å². The van der Waals surface area contributed by atoms with E-state index in [2.05, 4.69) is 23.1 Å². The summed E-state index contributed by atoms with van der Waals surface area (Å²) in [5.74, 6) is 0.655. The molecule has 0 fully saturated rings. The Morgan fingerprint density at radius 3 is 2.65 bits per heavy atom. The molecule has 2 aromatic heterocycles. The maximum Gasteiger partial charge on any atom is 0.270 e. The van der Waals surface area contributed by atoms with Crippen molar-refractivity contribution in [2.45, 2.75) is 0 Å². The van der Waals surface area contributed by atoms with E-state index >= 15 is 0 Å². The van der Waals surface area contributed by atoms with Gasteiger partial charge in [0, 0.05) is 36.2 Å². The Labute approximate surface area is 159 Å². The molecule has 3 aromatic rings. The van der Waals surface area contributed by atoms with Gasteiger partial charge in [-0.1, -0.05) is 24.3 Å². The van der Waals surface area contributed by atoms with Crippen LogP contribution in [0.25, 0.3) is 21.3 Å². The fraction of sp³-hybridized carbons (Fsp3) is 0.111. The van der Waals surface area contributed by atoms with E-state index in [-0.39, 0.29) is 11.0 Å². The summed E-state index contributed by atoms with van der Waals surface area (Å²) in [4.78, 5) is 22.1. The second kappa shape index (κ2) is 7.63. The van der Waals surface area contributed by atoms with Gasteiger partial charge in [0.05, 0.1) is 10.3 Å². The minimum absolute atomic E-state index is 0.0346. The summed E-state index contributed by atoms with van der Waals surface area (Å²) in [7, 11) is 0. The van der Waals surface area contributed by atoms with E-state index in [1.807, 2.05) is 16.3 Å². The molecule has 0 aliphatic carbocycles. The number of benzene rings is 1. The predicted octanol–water partition coefficient (Wildman–Crippen LogP) is 5.10. The molecule has 0 radical (unpaired) electrons. The zero-order valence-corrected chi connectivity index (χ0v) is 15.3. The standard InChI is InChI=1S/C18H15ClN4O2S/c1-3-8-22(9-4-2)16-15-14(11-26-17(15)21-18(19)20-16)12-6-5-7-13(10-12)23(24)25/h3-7,10-11H,1-2,8-9H2. The van der Waals surface area contributed by atoms with Gasteiger partial charge in [0.2, 0.25) is 5.28 Å². The lowest BCUT2D eigenvalue weighted by Crippen LogP contribution is -2.24. The molecular weight excluding hydrogens is 372 g/mol. The van der Waals surface area contributed by atoms with Gasteiger partial charge < -0.3 is 4.90 Å². The van der Waals surface area contributed by atoms with Crippen molar-refractivity contribution in [2.24, 2.45) is 0 Å². The van der Waals surface area contributed by atoms with E-state index in [0.29, 0.717) is 18.9 Å². The molecule has 8 heteroatoms. The Hall–Kier alpha value is -2.77. The number of anilines is 1. The molecule has 3 rings (SSSR count). The number of fused-ring (bicyclic) bond motifs is 1. The molecule has 1 aromatic carbocycles. The fourth-order valence-electron chi connectivity index (χ4n) is 2.69. The lowest BCUT2D eigenvalue weighted by molar-refractivity contribution is -0.384. The third-order valence-corrected chi connectivity index (χ3v) is 4.79. The van der Waals surface area contributed by atoms with Crippen LogP contribution in [0.1, 0.15) is 0 Å². The van der Waals surface area contributed by atoms with Crippen LogP contribution in [0, 0.1) is 10.1 Å². The number of rotatable bonds is 7. The van der Waals surface area contributed by atoms with Gasteiger partial charge in [-0.05, 0) is 17.2 Å². The number of thiophene rings is 1. The van der Waals surface area contributed by atoms with Crippen molar-refractivity contribution < 1.29 is 4.92 Å². The van der Waals surface area contributed by atoms with Gasteiger partial charge in [0.25, 0.3) is 5.69 Å². The lowest BCUT2D eigenvalue weighted by Gasteiger charge is -2.21. The van der Waals surface area contributed by atoms with Crippen molar-refractivity contribution >= 4 is 44.7 Å². The summed E-state index contributed by atoms with van der Waals surface area (Å²) in [6.45, 7) is 8.68. The lowest BCUT2D eigenvalue weighted by atomic mass is 10.1. The number of nitro benzene ring substituents is 1. The van der Waals surface area contributed by atoms with Gasteiger partial charge in [0.1, 0.15) is 10.6 Å². The van der Waals surface area contributed by atoms with E-state index in [4.69, 9.17) is 11.6 Å². The van der Waals surface area contributed by atoms with Crippen LogP contribution in [-0.4, -0.2) is 28.0 Å². The first-order chi connectivity index (χ1) is 12.5. The molecule has 0 aliphatic rings. The average Bonchev–Trinajstić information content (AvgIpc) is 3.04. The van der Waals surface area contributed by atoms with Crippen LogP contribution in [0.15, 0.2) is 55.0 Å². The zero-order chi connectivity index (χ0) is 18.7. The molecule has 0 unspecified atom stereocenters. The highest BCUT2D eigenvalue weighted by atomic mass is 35.5. The monoisotopic (exact) mass is 386 g/mol. The molecule has 0 aliphatic heterocycles. The summed E-state index contributed by atoms with van der Waals surface area (Å²) < 4.78 is 0. The first-order valence-electron chi connectivity index (χ1n) is 7.71. The summed E-state index contributed by atoms with van der Waals surface area (Å²) in [6.07, 6.45) is 3.54. The summed E-state index contributed by atoms with van der Waals surface area (Å²) in [5, 5.41) is 14.0. The van der Waals surface area contributed by atoms with Crippen LogP contribution in [0.5, 0.6) is 0 Å². The van der Waals surface area contributed by atoms with Crippen LogP contribution < -0.4 is 4.90 Å². The average molecular weight is 387 g/mol. The third kappa shape index (κ3) is 3.44. The normalized spacial score (nSPS) is 10.7. The Morgan fingerprint density at radius 2 is 2.00 bits per heavy atom. The highest BCUT2D eigenvalue weighted by molar-refractivity contribution is 7.17. The van der Waals surface area contributed by atoms with Crippen LogP contribution in [0.3, 0.4) is 0 Å². The maximum absolute atomic E-state index is 11.1. The molecule has 132 valence electrons. The Balaban J connectivity index is 2.25. The molecule has 0 atom stereocenters. The Morgan fingerprint density at radius 1 is 1.27 bits per heavy atom. The first kappa shape index (κ1) is 18.0.